The summed E-state index contributed by atoms with van der Waals surface area (Å²) in [7, 11) is 0. The number of rotatable bonds is 3. The van der Waals surface area contributed by atoms with Crippen LogP contribution in [0.4, 0.5) is 0 Å². The lowest BCUT2D eigenvalue weighted by molar-refractivity contribution is -0.123. The predicted octanol–water partition coefficient (Wildman–Crippen LogP) is 1.64. The molecule has 1 aliphatic rings. The average molecular weight is 230 g/mol. The molecule has 1 aromatic carbocycles. The number of ketones is 1. The largest absolute Gasteiger partial charge is 0.381 e. The molecule has 1 unspecified atom stereocenters. The van der Waals surface area contributed by atoms with Gasteiger partial charge >= 0.3 is 0 Å². The summed E-state index contributed by atoms with van der Waals surface area (Å²) in [5.41, 5.74) is 1.01. The Labute approximate surface area is 99.2 Å². The summed E-state index contributed by atoms with van der Waals surface area (Å²) in [6, 6.07) is 7.92. The Kier molecular flexibility index (Phi) is 2.65. The summed E-state index contributed by atoms with van der Waals surface area (Å²) >= 11 is 0. The number of fused-ring (bicyclic) bond motifs is 1. The number of Topliss-reactive ketones (excluding diaryl/α,β-unsaturated/α-hetero) is 1. The molecular weight excluding hydrogens is 216 g/mol. The maximum atomic E-state index is 12.0. The SMILES string of the molecule is O=C(Cn1ncc2ccccc21)C1CCOC1. The number of para-hydroxylation sites is 1. The number of hydrogen-bond donors (Lipinski definition) is 0. The standard InChI is InChI=1S/C13H14N2O2/c16-13(11-5-6-17-9-11)8-15-12-4-2-1-3-10(12)7-14-15/h1-4,7,11H,5-6,8-9H2. The highest BCUT2D eigenvalue weighted by Crippen LogP contribution is 2.17. The Morgan fingerprint density at radius 2 is 2.35 bits per heavy atom. The number of ether oxygens (including phenoxy) is 1. The maximum absolute atomic E-state index is 12.0. The minimum Gasteiger partial charge on any atom is -0.381 e. The number of carbonyl (C=O) groups excluding carboxylic acids is 1. The number of benzene rings is 1. The topological polar surface area (TPSA) is 44.1 Å². The predicted molar refractivity (Wildman–Crippen MR) is 63.7 cm³/mol. The van der Waals surface area contributed by atoms with Crippen molar-refractivity contribution in [2.45, 2.75) is 13.0 Å². The number of hydrogen-bond acceptors (Lipinski definition) is 3. The van der Waals surface area contributed by atoms with Crippen LogP contribution in [0.3, 0.4) is 0 Å². The van der Waals surface area contributed by atoms with Crippen molar-refractivity contribution in [2.75, 3.05) is 13.2 Å². The molecule has 4 nitrogen and oxygen atoms in total. The summed E-state index contributed by atoms with van der Waals surface area (Å²) in [6.45, 7) is 1.62. The summed E-state index contributed by atoms with van der Waals surface area (Å²) in [5.74, 6) is 0.273. The molecular formula is C13H14N2O2. The summed E-state index contributed by atoms with van der Waals surface area (Å²) in [4.78, 5) is 12.0. The highest BCUT2D eigenvalue weighted by Gasteiger charge is 2.23. The molecule has 17 heavy (non-hydrogen) atoms. The van der Waals surface area contributed by atoms with Gasteiger partial charge in [-0.3, -0.25) is 9.48 Å². The van der Waals surface area contributed by atoms with Crippen molar-refractivity contribution in [1.82, 2.24) is 9.78 Å². The maximum Gasteiger partial charge on any atom is 0.159 e. The Hall–Kier alpha value is -1.68. The van der Waals surface area contributed by atoms with Gasteiger partial charge < -0.3 is 4.74 Å². The van der Waals surface area contributed by atoms with Crippen molar-refractivity contribution < 1.29 is 9.53 Å². The Balaban J connectivity index is 1.82. The first-order chi connectivity index (χ1) is 8.34. The highest BCUT2D eigenvalue weighted by atomic mass is 16.5. The van der Waals surface area contributed by atoms with Crippen LogP contribution >= 0.6 is 0 Å². The van der Waals surface area contributed by atoms with E-state index in [1.54, 1.807) is 10.9 Å². The second-order valence-electron chi connectivity index (χ2n) is 4.39. The van der Waals surface area contributed by atoms with Crippen LogP contribution in [0.1, 0.15) is 6.42 Å². The molecule has 2 aromatic rings. The molecule has 88 valence electrons. The van der Waals surface area contributed by atoms with Crippen molar-refractivity contribution in [3.8, 4) is 0 Å². The molecule has 0 radical (unpaired) electrons. The average Bonchev–Trinajstić information content (AvgIpc) is 2.98. The Morgan fingerprint density at radius 1 is 1.47 bits per heavy atom. The molecule has 1 aromatic heterocycles. The lowest BCUT2D eigenvalue weighted by Crippen LogP contribution is -2.20. The molecule has 0 amide bonds. The Morgan fingerprint density at radius 3 is 3.18 bits per heavy atom. The summed E-state index contributed by atoms with van der Waals surface area (Å²) < 4.78 is 7.01. The van der Waals surface area contributed by atoms with Crippen molar-refractivity contribution in [2.24, 2.45) is 5.92 Å². The summed E-state index contributed by atoms with van der Waals surface area (Å²) in [5, 5.41) is 5.33. The van der Waals surface area contributed by atoms with E-state index in [0.29, 0.717) is 19.8 Å². The van der Waals surface area contributed by atoms with Crippen LogP contribution in [0.5, 0.6) is 0 Å². The van der Waals surface area contributed by atoms with E-state index in [0.717, 1.165) is 17.3 Å². The van der Waals surface area contributed by atoms with Crippen LogP contribution in [-0.2, 0) is 16.1 Å². The fourth-order valence-electron chi connectivity index (χ4n) is 2.22. The van der Waals surface area contributed by atoms with E-state index in [2.05, 4.69) is 5.10 Å². The van der Waals surface area contributed by atoms with E-state index in [1.165, 1.54) is 0 Å². The number of aromatic nitrogens is 2. The minimum atomic E-state index is 0.0537. The smallest absolute Gasteiger partial charge is 0.159 e. The lowest BCUT2D eigenvalue weighted by Gasteiger charge is -2.07. The van der Waals surface area contributed by atoms with Gasteiger partial charge in [0.1, 0.15) is 6.54 Å². The van der Waals surface area contributed by atoms with Gasteiger partial charge in [-0.15, -0.1) is 0 Å². The summed E-state index contributed by atoms with van der Waals surface area (Å²) in [6.07, 6.45) is 2.64. The van der Waals surface area contributed by atoms with Crippen molar-refractivity contribution >= 4 is 16.7 Å². The van der Waals surface area contributed by atoms with Crippen LogP contribution < -0.4 is 0 Å². The first-order valence-electron chi connectivity index (χ1n) is 5.85. The zero-order valence-corrected chi connectivity index (χ0v) is 9.50. The van der Waals surface area contributed by atoms with Crippen LogP contribution in [0, 0.1) is 5.92 Å². The van der Waals surface area contributed by atoms with Crippen LogP contribution in [0.2, 0.25) is 0 Å². The van der Waals surface area contributed by atoms with Gasteiger partial charge in [-0.2, -0.15) is 5.10 Å². The molecule has 4 heteroatoms. The quantitative estimate of drug-likeness (QED) is 0.805. The van der Waals surface area contributed by atoms with E-state index in [-0.39, 0.29) is 11.7 Å². The van der Waals surface area contributed by atoms with E-state index < -0.39 is 0 Å². The molecule has 2 heterocycles. The third-order valence-electron chi connectivity index (χ3n) is 3.24. The van der Waals surface area contributed by atoms with E-state index in [1.807, 2.05) is 24.3 Å². The molecule has 1 saturated heterocycles. The second kappa shape index (κ2) is 4.30. The van der Waals surface area contributed by atoms with Gasteiger partial charge in [0.05, 0.1) is 18.3 Å². The second-order valence-corrected chi connectivity index (χ2v) is 4.39. The number of nitrogens with zero attached hydrogens (tertiary/aromatic N) is 2. The molecule has 0 spiro atoms. The van der Waals surface area contributed by atoms with Crippen LogP contribution in [0.25, 0.3) is 10.9 Å². The van der Waals surface area contributed by atoms with Crippen LogP contribution in [0.15, 0.2) is 30.5 Å². The molecule has 0 bridgehead atoms. The first-order valence-corrected chi connectivity index (χ1v) is 5.85. The van der Waals surface area contributed by atoms with E-state index in [9.17, 15) is 4.79 Å². The van der Waals surface area contributed by atoms with Gasteiger partial charge in [-0.1, -0.05) is 18.2 Å². The molecule has 1 atom stereocenters. The monoisotopic (exact) mass is 230 g/mol. The van der Waals surface area contributed by atoms with E-state index in [4.69, 9.17) is 4.74 Å². The zero-order chi connectivity index (χ0) is 11.7. The first kappa shape index (κ1) is 10.5. The molecule has 0 aliphatic carbocycles. The van der Waals surface area contributed by atoms with Crippen molar-refractivity contribution in [3.63, 3.8) is 0 Å². The van der Waals surface area contributed by atoms with E-state index >= 15 is 0 Å². The van der Waals surface area contributed by atoms with Gasteiger partial charge in [0.15, 0.2) is 5.78 Å². The normalized spacial score (nSPS) is 19.9. The number of carbonyl (C=O) groups is 1. The van der Waals surface area contributed by atoms with Crippen molar-refractivity contribution in [3.05, 3.63) is 30.5 Å². The van der Waals surface area contributed by atoms with Crippen LogP contribution in [-0.4, -0.2) is 28.8 Å². The lowest BCUT2D eigenvalue weighted by atomic mass is 10.0. The van der Waals surface area contributed by atoms with Gasteiger partial charge in [0.25, 0.3) is 0 Å². The van der Waals surface area contributed by atoms with Gasteiger partial charge in [0.2, 0.25) is 0 Å². The van der Waals surface area contributed by atoms with Gasteiger partial charge in [0, 0.05) is 17.9 Å². The van der Waals surface area contributed by atoms with Gasteiger partial charge in [-0.25, -0.2) is 0 Å². The highest BCUT2D eigenvalue weighted by molar-refractivity contribution is 5.84. The molecule has 1 aliphatic heterocycles. The fraction of sp³-hybridized carbons (Fsp3) is 0.385. The third-order valence-corrected chi connectivity index (χ3v) is 3.24. The Bertz CT molecular complexity index is 541. The zero-order valence-electron chi connectivity index (χ0n) is 9.50. The fourth-order valence-corrected chi connectivity index (χ4v) is 2.22. The third kappa shape index (κ3) is 1.96. The minimum absolute atomic E-state index is 0.0537. The molecule has 0 saturated carbocycles. The van der Waals surface area contributed by atoms with Gasteiger partial charge in [-0.05, 0) is 12.5 Å². The van der Waals surface area contributed by atoms with Crippen molar-refractivity contribution in [1.29, 1.82) is 0 Å². The molecule has 1 fully saturated rings. The molecule has 3 rings (SSSR count). The molecule has 0 N–H and O–H groups in total.